The second-order valence-electron chi connectivity index (χ2n) is 15.0. The van der Waals surface area contributed by atoms with E-state index >= 15 is 0 Å². The Morgan fingerprint density at radius 3 is 0.936 bits per heavy atom. The normalized spacial score (nSPS) is 11.6. The molecule has 0 radical (unpaired) electrons. The van der Waals surface area contributed by atoms with Gasteiger partial charge < -0.3 is 4.74 Å². The first kappa shape index (κ1) is 46.2. The highest BCUT2D eigenvalue weighted by molar-refractivity contribution is 5.69. The fraction of sp³-hybridized carbons (Fsp3) is 0.933. The molecule has 47 heavy (non-hydrogen) atoms. The highest BCUT2D eigenvalue weighted by Crippen LogP contribution is 2.16. The van der Waals surface area contributed by atoms with Crippen LogP contribution in [0, 0.1) is 0 Å². The molecule has 0 N–H and O–H groups in total. The Balaban J connectivity index is 3.15. The van der Waals surface area contributed by atoms with Crippen molar-refractivity contribution in [1.29, 1.82) is 0 Å². The number of esters is 1. The third-order valence-corrected chi connectivity index (χ3v) is 10.2. The fourth-order valence-electron chi connectivity index (χ4n) is 6.84. The standard InChI is InChI=1S/C45H88O2/c1-3-5-7-9-11-13-15-17-19-20-21-22-23-24-25-26-27-28-29-30-31-33-35-37-39-41-43-45(46)47-44-42-40-38-36-34-32-18-16-14-12-10-8-6-4-2/h14,16H,3-13,15,17-44H2,1-2H3/b16-14-. The lowest BCUT2D eigenvalue weighted by Gasteiger charge is -2.06. The number of rotatable bonds is 41. The van der Waals surface area contributed by atoms with E-state index in [2.05, 4.69) is 26.0 Å². The van der Waals surface area contributed by atoms with Crippen LogP contribution < -0.4 is 0 Å². The zero-order valence-electron chi connectivity index (χ0n) is 32.8. The molecule has 0 aromatic heterocycles. The summed E-state index contributed by atoms with van der Waals surface area (Å²) in [6.45, 7) is 5.20. The van der Waals surface area contributed by atoms with Crippen LogP contribution in [0.2, 0.25) is 0 Å². The van der Waals surface area contributed by atoms with Crippen LogP contribution in [0.3, 0.4) is 0 Å². The summed E-state index contributed by atoms with van der Waals surface area (Å²) in [5.41, 5.74) is 0. The number of hydrogen-bond donors (Lipinski definition) is 0. The van der Waals surface area contributed by atoms with Gasteiger partial charge in [0.25, 0.3) is 0 Å². The van der Waals surface area contributed by atoms with Crippen LogP contribution >= 0.6 is 0 Å². The van der Waals surface area contributed by atoms with Crippen LogP contribution in [0.5, 0.6) is 0 Å². The van der Waals surface area contributed by atoms with E-state index in [4.69, 9.17) is 4.74 Å². The van der Waals surface area contributed by atoms with E-state index < -0.39 is 0 Å². The van der Waals surface area contributed by atoms with Gasteiger partial charge >= 0.3 is 5.97 Å². The summed E-state index contributed by atoms with van der Waals surface area (Å²) in [5.74, 6) is 0.0239. The van der Waals surface area contributed by atoms with Crippen molar-refractivity contribution in [3.05, 3.63) is 12.2 Å². The molecular formula is C45H88O2. The molecule has 0 heterocycles. The van der Waals surface area contributed by atoms with Crippen molar-refractivity contribution in [1.82, 2.24) is 0 Å². The van der Waals surface area contributed by atoms with Gasteiger partial charge in [0.15, 0.2) is 0 Å². The summed E-state index contributed by atoms with van der Waals surface area (Å²) in [5, 5.41) is 0. The minimum atomic E-state index is 0.0239. The molecule has 0 atom stereocenters. The Kier molecular flexibility index (Phi) is 42.5. The second-order valence-corrected chi connectivity index (χ2v) is 15.0. The van der Waals surface area contributed by atoms with Crippen molar-refractivity contribution in [3.8, 4) is 0 Å². The summed E-state index contributed by atoms with van der Waals surface area (Å²) in [6, 6.07) is 0. The van der Waals surface area contributed by atoms with Crippen LogP contribution in [0.4, 0.5) is 0 Å². The van der Waals surface area contributed by atoms with E-state index in [1.54, 1.807) is 0 Å². The maximum atomic E-state index is 12.0. The minimum absolute atomic E-state index is 0.0239. The van der Waals surface area contributed by atoms with Crippen LogP contribution in [-0.2, 0) is 9.53 Å². The third kappa shape index (κ3) is 43.2. The summed E-state index contributed by atoms with van der Waals surface area (Å²) < 4.78 is 5.46. The molecule has 0 unspecified atom stereocenters. The van der Waals surface area contributed by atoms with Gasteiger partial charge in [0.05, 0.1) is 6.61 Å². The molecule has 0 aliphatic heterocycles. The number of carbonyl (C=O) groups excluding carboxylic acids is 1. The summed E-state index contributed by atoms with van der Waals surface area (Å²) >= 11 is 0. The van der Waals surface area contributed by atoms with E-state index in [9.17, 15) is 4.79 Å². The fourth-order valence-corrected chi connectivity index (χ4v) is 6.84. The summed E-state index contributed by atoms with van der Waals surface area (Å²) in [7, 11) is 0. The first-order valence-corrected chi connectivity index (χ1v) is 22.1. The molecule has 0 fully saturated rings. The lowest BCUT2D eigenvalue weighted by Crippen LogP contribution is -2.05. The van der Waals surface area contributed by atoms with Crippen LogP contribution in [0.15, 0.2) is 12.2 Å². The molecule has 0 bridgehead atoms. The molecule has 0 aliphatic rings. The molecule has 0 aliphatic carbocycles. The molecule has 0 aromatic carbocycles. The third-order valence-electron chi connectivity index (χ3n) is 10.2. The minimum Gasteiger partial charge on any atom is -0.466 e. The van der Waals surface area contributed by atoms with Gasteiger partial charge in [0.2, 0.25) is 0 Å². The smallest absolute Gasteiger partial charge is 0.305 e. The zero-order valence-corrected chi connectivity index (χ0v) is 32.8. The van der Waals surface area contributed by atoms with Crippen LogP contribution in [0.1, 0.15) is 264 Å². The molecular weight excluding hydrogens is 572 g/mol. The Bertz CT molecular complexity index is 597. The zero-order chi connectivity index (χ0) is 34.0. The number of ether oxygens (including phenoxy) is 1. The summed E-state index contributed by atoms with van der Waals surface area (Å²) in [4.78, 5) is 12.0. The number of allylic oxidation sites excluding steroid dienone is 2. The van der Waals surface area contributed by atoms with E-state index in [0.717, 1.165) is 12.8 Å². The maximum absolute atomic E-state index is 12.0. The lowest BCUT2D eigenvalue weighted by atomic mass is 10.0. The molecule has 2 heteroatoms. The average molecular weight is 661 g/mol. The number of unbranched alkanes of at least 4 members (excludes halogenated alkanes) is 35. The average Bonchev–Trinajstić information content (AvgIpc) is 3.08. The van der Waals surface area contributed by atoms with Crippen LogP contribution in [0.25, 0.3) is 0 Å². The largest absolute Gasteiger partial charge is 0.466 e. The first-order valence-electron chi connectivity index (χ1n) is 22.1. The number of hydrogen-bond acceptors (Lipinski definition) is 2. The topological polar surface area (TPSA) is 26.3 Å². The van der Waals surface area contributed by atoms with Crippen molar-refractivity contribution in [2.45, 2.75) is 264 Å². The van der Waals surface area contributed by atoms with Crippen molar-refractivity contribution in [2.75, 3.05) is 6.61 Å². The Morgan fingerprint density at radius 2 is 0.596 bits per heavy atom. The predicted molar refractivity (Wildman–Crippen MR) is 212 cm³/mol. The van der Waals surface area contributed by atoms with Gasteiger partial charge in [-0.1, -0.05) is 231 Å². The van der Waals surface area contributed by atoms with E-state index in [1.807, 2.05) is 0 Å². The predicted octanol–water partition coefficient (Wildman–Crippen LogP) is 16.3. The van der Waals surface area contributed by atoms with E-state index in [-0.39, 0.29) is 5.97 Å². The van der Waals surface area contributed by atoms with Gasteiger partial charge in [-0.25, -0.2) is 0 Å². The van der Waals surface area contributed by atoms with Crippen molar-refractivity contribution in [3.63, 3.8) is 0 Å². The van der Waals surface area contributed by atoms with Gasteiger partial charge in [-0.2, -0.15) is 0 Å². The molecule has 0 saturated carbocycles. The monoisotopic (exact) mass is 661 g/mol. The SMILES string of the molecule is CCCCCC/C=C\CCCCCCCCOC(=O)CCCCCCCCCCCCCCCCCCCCCCCCCCCC. The molecule has 2 nitrogen and oxygen atoms in total. The highest BCUT2D eigenvalue weighted by Gasteiger charge is 2.03. The maximum Gasteiger partial charge on any atom is 0.305 e. The van der Waals surface area contributed by atoms with E-state index in [1.165, 1.54) is 231 Å². The lowest BCUT2D eigenvalue weighted by molar-refractivity contribution is -0.143. The Hall–Kier alpha value is -0.790. The molecule has 280 valence electrons. The molecule has 0 aromatic rings. The molecule has 0 saturated heterocycles. The molecule has 0 amide bonds. The van der Waals surface area contributed by atoms with Gasteiger partial charge in [-0.05, 0) is 38.5 Å². The van der Waals surface area contributed by atoms with Gasteiger partial charge in [-0.15, -0.1) is 0 Å². The van der Waals surface area contributed by atoms with Gasteiger partial charge in [0.1, 0.15) is 0 Å². The van der Waals surface area contributed by atoms with Gasteiger partial charge in [0, 0.05) is 6.42 Å². The van der Waals surface area contributed by atoms with E-state index in [0.29, 0.717) is 13.0 Å². The molecule has 0 spiro atoms. The van der Waals surface area contributed by atoms with Crippen molar-refractivity contribution in [2.24, 2.45) is 0 Å². The summed E-state index contributed by atoms with van der Waals surface area (Å²) in [6.07, 6.45) is 57.5. The van der Waals surface area contributed by atoms with Crippen molar-refractivity contribution >= 4 is 5.97 Å². The van der Waals surface area contributed by atoms with Crippen molar-refractivity contribution < 1.29 is 9.53 Å². The Labute approximate surface area is 297 Å². The first-order chi connectivity index (χ1) is 23.3. The second kappa shape index (κ2) is 43.2. The van der Waals surface area contributed by atoms with Gasteiger partial charge in [-0.3, -0.25) is 4.79 Å². The quantitative estimate of drug-likeness (QED) is 0.0370. The number of carbonyl (C=O) groups is 1. The molecule has 0 rings (SSSR count). The van der Waals surface area contributed by atoms with Crippen LogP contribution in [-0.4, -0.2) is 12.6 Å². The Morgan fingerprint density at radius 1 is 0.340 bits per heavy atom. The highest BCUT2D eigenvalue weighted by atomic mass is 16.5.